The van der Waals surface area contributed by atoms with Crippen molar-refractivity contribution in [2.45, 2.75) is 12.6 Å². The number of nitrogens with zero attached hydrogens (tertiary/aromatic N) is 1. The topological polar surface area (TPSA) is 75.8 Å². The molecule has 0 spiro atoms. The quantitative estimate of drug-likeness (QED) is 0.748. The fourth-order valence-electron chi connectivity index (χ4n) is 1.97. The Morgan fingerprint density at radius 2 is 2.38 bits per heavy atom. The Bertz CT molecular complexity index is 420. The average Bonchev–Trinajstić information content (AvgIpc) is 2.28. The van der Waals surface area contributed by atoms with Gasteiger partial charge in [0.25, 0.3) is 0 Å². The van der Waals surface area contributed by atoms with Crippen LogP contribution in [-0.2, 0) is 6.42 Å². The lowest BCUT2D eigenvalue weighted by molar-refractivity contribution is 0.121. The van der Waals surface area contributed by atoms with E-state index in [0.29, 0.717) is 18.7 Å². The van der Waals surface area contributed by atoms with E-state index < -0.39 is 12.3 Å². The Kier molecular flexibility index (Phi) is 2.70. The lowest BCUT2D eigenvalue weighted by Crippen LogP contribution is -2.43. The number of carboxylic acid groups (broad SMARTS) is 1. The molecule has 16 heavy (non-hydrogen) atoms. The van der Waals surface area contributed by atoms with Crippen molar-refractivity contribution in [1.82, 2.24) is 4.90 Å². The number of amides is 1. The summed E-state index contributed by atoms with van der Waals surface area (Å²) in [6, 6.07) is 5.60. The van der Waals surface area contributed by atoms with Gasteiger partial charge in [0.1, 0.15) is 11.9 Å². The minimum absolute atomic E-state index is 0.440. The maximum atomic E-state index is 10.9. The normalized spacial score (nSPS) is 19.1. The van der Waals surface area contributed by atoms with Crippen LogP contribution in [-0.4, -0.2) is 29.8 Å². The fourth-order valence-corrected chi connectivity index (χ4v) is 1.97. The number of carbonyl (C=O) groups is 1. The Morgan fingerprint density at radius 1 is 1.62 bits per heavy atom. The smallest absolute Gasteiger partial charge is 0.408 e. The molecule has 0 saturated heterocycles. The van der Waals surface area contributed by atoms with Gasteiger partial charge >= 0.3 is 6.09 Å². The largest absolute Gasteiger partial charge is 0.497 e. The zero-order valence-electron chi connectivity index (χ0n) is 9.01. The summed E-state index contributed by atoms with van der Waals surface area (Å²) in [5.74, 6) is 0.696. The first-order valence-electron chi connectivity index (χ1n) is 5.05. The number of rotatable bonds is 1. The lowest BCUT2D eigenvalue weighted by Gasteiger charge is -2.32. The van der Waals surface area contributed by atoms with E-state index in [-0.39, 0.29) is 0 Å². The van der Waals surface area contributed by atoms with Gasteiger partial charge in [-0.1, -0.05) is 6.07 Å². The van der Waals surface area contributed by atoms with Gasteiger partial charge in [-0.25, -0.2) is 4.79 Å². The summed E-state index contributed by atoms with van der Waals surface area (Å²) in [6.07, 6.45) is -0.892. The number of hydrogen-bond acceptors (Lipinski definition) is 3. The van der Waals surface area contributed by atoms with Gasteiger partial charge in [-0.2, -0.15) is 0 Å². The number of nitrogens with two attached hydrogens (primary N) is 1. The van der Waals surface area contributed by atoms with Crippen LogP contribution in [0.15, 0.2) is 18.2 Å². The summed E-state index contributed by atoms with van der Waals surface area (Å²) >= 11 is 0. The van der Waals surface area contributed by atoms with Crippen LogP contribution < -0.4 is 10.5 Å². The zero-order valence-corrected chi connectivity index (χ0v) is 9.01. The molecule has 2 rings (SSSR count). The molecule has 1 aliphatic rings. The van der Waals surface area contributed by atoms with Crippen LogP contribution in [0.4, 0.5) is 4.79 Å². The van der Waals surface area contributed by atoms with Gasteiger partial charge in [-0.15, -0.1) is 0 Å². The van der Waals surface area contributed by atoms with Gasteiger partial charge in [0.2, 0.25) is 0 Å². The number of fused-ring (bicyclic) bond motifs is 1. The van der Waals surface area contributed by atoms with Crippen molar-refractivity contribution in [2.75, 3.05) is 13.7 Å². The molecule has 5 heteroatoms. The Hall–Kier alpha value is -1.75. The third kappa shape index (κ3) is 1.69. The molecule has 1 unspecified atom stereocenters. The highest BCUT2D eigenvalue weighted by molar-refractivity contribution is 5.66. The zero-order chi connectivity index (χ0) is 11.7. The molecule has 0 fully saturated rings. The SMILES string of the molecule is COc1ccc2c(c1)C(N)N(C(=O)O)CC2. The number of methoxy groups -OCH3 is 1. The van der Waals surface area contributed by atoms with Crippen LogP contribution >= 0.6 is 0 Å². The van der Waals surface area contributed by atoms with E-state index >= 15 is 0 Å². The van der Waals surface area contributed by atoms with Crippen LogP contribution in [0, 0.1) is 0 Å². The highest BCUT2D eigenvalue weighted by Crippen LogP contribution is 2.29. The van der Waals surface area contributed by atoms with Gasteiger partial charge in [0.15, 0.2) is 0 Å². The van der Waals surface area contributed by atoms with E-state index in [0.717, 1.165) is 11.1 Å². The molecular formula is C11H14N2O3. The standard InChI is InChI=1S/C11H14N2O3/c1-16-8-3-2-7-4-5-13(11(14)15)10(12)9(7)6-8/h2-3,6,10H,4-5,12H2,1H3,(H,14,15). The lowest BCUT2D eigenvalue weighted by atomic mass is 9.97. The highest BCUT2D eigenvalue weighted by Gasteiger charge is 2.27. The third-order valence-corrected chi connectivity index (χ3v) is 2.88. The van der Waals surface area contributed by atoms with Gasteiger partial charge in [-0.3, -0.25) is 4.90 Å². The molecule has 86 valence electrons. The van der Waals surface area contributed by atoms with Gasteiger partial charge in [-0.05, 0) is 29.7 Å². The molecule has 1 aliphatic heterocycles. The molecule has 5 nitrogen and oxygen atoms in total. The second kappa shape index (κ2) is 4.02. The minimum atomic E-state index is -0.985. The Morgan fingerprint density at radius 3 is 3.00 bits per heavy atom. The van der Waals surface area contributed by atoms with Crippen LogP contribution in [0.2, 0.25) is 0 Å². The van der Waals surface area contributed by atoms with E-state index in [9.17, 15) is 4.79 Å². The Balaban J connectivity index is 2.38. The second-order valence-corrected chi connectivity index (χ2v) is 3.74. The number of benzene rings is 1. The molecule has 3 N–H and O–H groups in total. The summed E-state index contributed by atoms with van der Waals surface area (Å²) in [5, 5.41) is 8.98. The van der Waals surface area contributed by atoms with Gasteiger partial charge in [0.05, 0.1) is 7.11 Å². The maximum Gasteiger partial charge on any atom is 0.408 e. The van der Waals surface area contributed by atoms with E-state index in [2.05, 4.69) is 0 Å². The molecule has 0 aromatic heterocycles. The maximum absolute atomic E-state index is 10.9. The first-order chi connectivity index (χ1) is 7.63. The highest BCUT2D eigenvalue weighted by atomic mass is 16.5. The van der Waals surface area contributed by atoms with Crippen molar-refractivity contribution in [3.63, 3.8) is 0 Å². The van der Waals surface area contributed by atoms with Crippen molar-refractivity contribution in [2.24, 2.45) is 5.73 Å². The van der Waals surface area contributed by atoms with E-state index in [4.69, 9.17) is 15.6 Å². The third-order valence-electron chi connectivity index (χ3n) is 2.88. The number of ether oxygens (including phenoxy) is 1. The first-order valence-corrected chi connectivity index (χ1v) is 5.05. The monoisotopic (exact) mass is 222 g/mol. The molecule has 0 saturated carbocycles. The molecule has 0 bridgehead atoms. The van der Waals surface area contributed by atoms with Crippen molar-refractivity contribution < 1.29 is 14.6 Å². The van der Waals surface area contributed by atoms with Crippen molar-refractivity contribution >= 4 is 6.09 Å². The van der Waals surface area contributed by atoms with Gasteiger partial charge < -0.3 is 15.6 Å². The molecular weight excluding hydrogens is 208 g/mol. The van der Waals surface area contributed by atoms with E-state index in [1.165, 1.54) is 4.90 Å². The summed E-state index contributed by atoms with van der Waals surface area (Å²) in [7, 11) is 1.57. The molecule has 1 heterocycles. The van der Waals surface area contributed by atoms with Crippen LogP contribution in [0.1, 0.15) is 17.3 Å². The van der Waals surface area contributed by atoms with Crippen LogP contribution in [0.5, 0.6) is 5.75 Å². The number of hydrogen-bond donors (Lipinski definition) is 2. The Labute approximate surface area is 93.4 Å². The van der Waals surface area contributed by atoms with Crippen molar-refractivity contribution in [3.05, 3.63) is 29.3 Å². The van der Waals surface area contributed by atoms with Crippen LogP contribution in [0.3, 0.4) is 0 Å². The van der Waals surface area contributed by atoms with E-state index in [1.807, 2.05) is 12.1 Å². The second-order valence-electron chi connectivity index (χ2n) is 3.74. The van der Waals surface area contributed by atoms with Crippen LogP contribution in [0.25, 0.3) is 0 Å². The summed E-state index contributed by atoms with van der Waals surface area (Å²) in [6.45, 7) is 0.440. The molecule has 0 aliphatic carbocycles. The van der Waals surface area contributed by atoms with Crippen molar-refractivity contribution in [3.8, 4) is 5.75 Å². The van der Waals surface area contributed by atoms with Crippen molar-refractivity contribution in [1.29, 1.82) is 0 Å². The molecule has 0 radical (unpaired) electrons. The summed E-state index contributed by atoms with van der Waals surface area (Å²) < 4.78 is 5.10. The molecule has 1 atom stereocenters. The fraction of sp³-hybridized carbons (Fsp3) is 0.364. The molecule has 1 aromatic rings. The predicted octanol–water partition coefficient (Wildman–Crippen LogP) is 1.19. The predicted molar refractivity (Wildman–Crippen MR) is 58.4 cm³/mol. The molecule has 1 aromatic carbocycles. The molecule has 1 amide bonds. The summed E-state index contributed by atoms with van der Waals surface area (Å²) in [5.41, 5.74) is 7.82. The van der Waals surface area contributed by atoms with Gasteiger partial charge in [0, 0.05) is 6.54 Å². The minimum Gasteiger partial charge on any atom is -0.497 e. The summed E-state index contributed by atoms with van der Waals surface area (Å²) in [4.78, 5) is 12.2. The average molecular weight is 222 g/mol. The van der Waals surface area contributed by atoms with E-state index in [1.54, 1.807) is 13.2 Å². The first kappa shape index (κ1) is 10.8.